The van der Waals surface area contributed by atoms with Crippen LogP contribution in [0, 0.1) is 11.8 Å². The van der Waals surface area contributed by atoms with Crippen LogP contribution in [0.15, 0.2) is 59.1 Å². The maximum absolute atomic E-state index is 12.7. The Balaban J connectivity index is 1.33. The quantitative estimate of drug-likeness (QED) is 0.473. The number of rotatable bonds is 8. The number of carbonyl (C=O) groups excluding carboxylic acids is 1. The monoisotopic (exact) mass is 475 g/mol. The van der Waals surface area contributed by atoms with E-state index in [2.05, 4.69) is 60.8 Å². The van der Waals surface area contributed by atoms with Gasteiger partial charge in [0, 0.05) is 24.6 Å². The molecule has 0 spiro atoms. The molecule has 6 heteroatoms. The van der Waals surface area contributed by atoms with Crippen molar-refractivity contribution < 1.29 is 14.1 Å². The topological polar surface area (TPSA) is 76.4 Å². The highest BCUT2D eigenvalue weighted by atomic mass is 16.5. The minimum atomic E-state index is 0.0949. The Bertz CT molecular complexity index is 1100. The van der Waals surface area contributed by atoms with Crippen molar-refractivity contribution in [3.63, 3.8) is 0 Å². The fraction of sp³-hybridized carbons (Fsp3) is 0.448. The van der Waals surface area contributed by atoms with E-state index in [1.807, 2.05) is 30.3 Å². The molecule has 186 valence electrons. The number of aromatic nitrogens is 1. The highest BCUT2D eigenvalue weighted by Gasteiger charge is 2.28. The van der Waals surface area contributed by atoms with Crippen LogP contribution < -0.4 is 15.4 Å². The smallest absolute Gasteiger partial charge is 0.220 e. The maximum Gasteiger partial charge on any atom is 0.220 e. The summed E-state index contributed by atoms with van der Waals surface area (Å²) in [4.78, 5) is 12.7. The number of methoxy groups -OCH3 is 1. The molecule has 0 radical (unpaired) electrons. The molecule has 2 aromatic carbocycles. The normalized spacial score (nSPS) is 18.3. The minimum absolute atomic E-state index is 0.0949. The Morgan fingerprint density at radius 2 is 1.86 bits per heavy atom. The molecule has 1 amide bonds. The van der Waals surface area contributed by atoms with Gasteiger partial charge >= 0.3 is 0 Å². The summed E-state index contributed by atoms with van der Waals surface area (Å²) in [7, 11) is 1.65. The van der Waals surface area contributed by atoms with Crippen LogP contribution >= 0.6 is 0 Å². The molecule has 4 rings (SSSR count). The number of nitrogens with zero attached hydrogens (tertiary/aromatic N) is 1. The summed E-state index contributed by atoms with van der Waals surface area (Å²) in [6.45, 7) is 8.99. The van der Waals surface area contributed by atoms with E-state index < -0.39 is 0 Å². The van der Waals surface area contributed by atoms with Crippen LogP contribution in [0.2, 0.25) is 0 Å². The molecule has 0 saturated carbocycles. The molecule has 2 heterocycles. The molecule has 1 aliphatic heterocycles. The molecular weight excluding hydrogens is 438 g/mol. The number of carbonyl (C=O) groups is 1. The van der Waals surface area contributed by atoms with Gasteiger partial charge in [0.15, 0.2) is 5.76 Å². The lowest BCUT2D eigenvalue weighted by Crippen LogP contribution is -2.40. The molecule has 1 fully saturated rings. The molecule has 6 nitrogen and oxygen atoms in total. The first-order valence-electron chi connectivity index (χ1n) is 12.5. The van der Waals surface area contributed by atoms with E-state index in [-0.39, 0.29) is 11.3 Å². The first-order chi connectivity index (χ1) is 16.8. The fourth-order valence-electron chi connectivity index (χ4n) is 4.69. The number of hydrogen-bond donors (Lipinski definition) is 2. The number of ether oxygens (including phenoxy) is 1. The summed E-state index contributed by atoms with van der Waals surface area (Å²) in [5, 5.41) is 10.9. The van der Waals surface area contributed by atoms with Gasteiger partial charge in [-0.2, -0.15) is 0 Å². The summed E-state index contributed by atoms with van der Waals surface area (Å²) in [6, 6.07) is 18.3. The molecule has 2 N–H and O–H groups in total. The van der Waals surface area contributed by atoms with Gasteiger partial charge < -0.3 is 19.9 Å². The molecule has 0 bridgehead atoms. The van der Waals surface area contributed by atoms with Crippen molar-refractivity contribution in [3.05, 3.63) is 71.4 Å². The van der Waals surface area contributed by atoms with Crippen molar-refractivity contribution in [3.8, 4) is 17.1 Å². The summed E-state index contributed by atoms with van der Waals surface area (Å²) in [6.07, 6.45) is 2.31. The summed E-state index contributed by atoms with van der Waals surface area (Å²) >= 11 is 0. The van der Waals surface area contributed by atoms with Crippen LogP contribution in [0.3, 0.4) is 0 Å². The SMILES string of the molecule is COc1ccc(CNC(=O)C[C@@H]2CCNC[C@H]2Cc2cc(-c3ccc(C(C)(C)C)cc3)on2)cc1. The third kappa shape index (κ3) is 6.73. The minimum Gasteiger partial charge on any atom is -0.497 e. The van der Waals surface area contributed by atoms with Gasteiger partial charge in [-0.25, -0.2) is 0 Å². The molecule has 35 heavy (non-hydrogen) atoms. The molecule has 1 saturated heterocycles. The van der Waals surface area contributed by atoms with E-state index >= 15 is 0 Å². The van der Waals surface area contributed by atoms with Crippen molar-refractivity contribution >= 4 is 5.91 Å². The summed E-state index contributed by atoms with van der Waals surface area (Å²) in [5.41, 5.74) is 4.45. The first kappa shape index (κ1) is 25.0. The van der Waals surface area contributed by atoms with Crippen LogP contribution in [0.1, 0.15) is 50.4 Å². The van der Waals surface area contributed by atoms with Gasteiger partial charge in [0.1, 0.15) is 5.75 Å². The van der Waals surface area contributed by atoms with Crippen LogP contribution in [-0.4, -0.2) is 31.3 Å². The molecular formula is C29H37N3O3. The number of nitrogens with one attached hydrogen (secondary N) is 2. The van der Waals surface area contributed by atoms with Gasteiger partial charge in [0.2, 0.25) is 5.91 Å². The van der Waals surface area contributed by atoms with E-state index in [0.717, 1.165) is 54.3 Å². The number of benzene rings is 2. The Hall–Kier alpha value is -3.12. The van der Waals surface area contributed by atoms with Crippen molar-refractivity contribution in [2.75, 3.05) is 20.2 Å². The van der Waals surface area contributed by atoms with Crippen molar-refractivity contribution in [1.82, 2.24) is 15.8 Å². The van der Waals surface area contributed by atoms with Crippen LogP contribution in [0.5, 0.6) is 5.75 Å². The number of amides is 1. The zero-order chi connectivity index (χ0) is 24.8. The van der Waals surface area contributed by atoms with Gasteiger partial charge in [-0.1, -0.05) is 62.3 Å². The van der Waals surface area contributed by atoms with Crippen molar-refractivity contribution in [1.29, 1.82) is 0 Å². The van der Waals surface area contributed by atoms with Gasteiger partial charge in [0.05, 0.1) is 12.8 Å². The molecule has 2 atom stereocenters. The van der Waals surface area contributed by atoms with Crippen molar-refractivity contribution in [2.45, 2.75) is 52.0 Å². The van der Waals surface area contributed by atoms with Gasteiger partial charge in [-0.05, 0) is 66.4 Å². The predicted octanol–water partition coefficient (Wildman–Crippen LogP) is 5.12. The second-order valence-electron chi connectivity index (χ2n) is 10.6. The summed E-state index contributed by atoms with van der Waals surface area (Å²) < 4.78 is 10.9. The standard InChI is InChI=1S/C29H37N3O3/c1-29(2,3)24-9-7-21(8-10-24)27-17-25(32-35-27)15-23-19-30-14-13-22(23)16-28(33)31-18-20-5-11-26(34-4)12-6-20/h5-12,17,22-23,30H,13-16,18-19H2,1-4H3,(H,31,33)/t22-,23+/m0/s1. The molecule has 0 aliphatic carbocycles. The van der Waals surface area contributed by atoms with E-state index in [1.165, 1.54) is 5.56 Å². The Morgan fingerprint density at radius 1 is 1.11 bits per heavy atom. The second-order valence-corrected chi connectivity index (χ2v) is 10.6. The Labute approximate surface area is 208 Å². The lowest BCUT2D eigenvalue weighted by molar-refractivity contribution is -0.122. The molecule has 1 aliphatic rings. The maximum atomic E-state index is 12.7. The van der Waals surface area contributed by atoms with E-state index in [4.69, 9.17) is 9.26 Å². The largest absolute Gasteiger partial charge is 0.497 e. The highest BCUT2D eigenvalue weighted by Crippen LogP contribution is 2.29. The van der Waals surface area contributed by atoms with E-state index in [1.54, 1.807) is 7.11 Å². The van der Waals surface area contributed by atoms with Crippen LogP contribution in [0.25, 0.3) is 11.3 Å². The number of piperidine rings is 1. The molecule has 0 unspecified atom stereocenters. The molecule has 1 aromatic heterocycles. The third-order valence-electron chi connectivity index (χ3n) is 6.93. The Kier molecular flexibility index (Phi) is 7.91. The second kappa shape index (κ2) is 11.1. The van der Waals surface area contributed by atoms with E-state index in [9.17, 15) is 4.79 Å². The van der Waals surface area contributed by atoms with Gasteiger partial charge in [-0.3, -0.25) is 4.79 Å². The zero-order valence-electron chi connectivity index (χ0n) is 21.3. The molecule has 3 aromatic rings. The third-order valence-corrected chi connectivity index (χ3v) is 6.93. The average molecular weight is 476 g/mol. The lowest BCUT2D eigenvalue weighted by Gasteiger charge is -2.31. The van der Waals surface area contributed by atoms with Crippen LogP contribution in [-0.2, 0) is 23.2 Å². The highest BCUT2D eigenvalue weighted by molar-refractivity contribution is 5.76. The Morgan fingerprint density at radius 3 is 2.54 bits per heavy atom. The fourth-order valence-corrected chi connectivity index (χ4v) is 4.69. The van der Waals surface area contributed by atoms with Gasteiger partial charge in [-0.15, -0.1) is 0 Å². The predicted molar refractivity (Wildman–Crippen MR) is 138 cm³/mol. The average Bonchev–Trinajstić information content (AvgIpc) is 3.32. The van der Waals surface area contributed by atoms with Crippen molar-refractivity contribution in [2.24, 2.45) is 11.8 Å². The lowest BCUT2D eigenvalue weighted by atomic mass is 9.81. The zero-order valence-corrected chi connectivity index (χ0v) is 21.3. The number of hydrogen-bond acceptors (Lipinski definition) is 5. The van der Waals surface area contributed by atoms with Crippen LogP contribution in [0.4, 0.5) is 0 Å². The summed E-state index contributed by atoms with van der Waals surface area (Å²) in [5.74, 6) is 2.36. The van der Waals surface area contributed by atoms with Gasteiger partial charge in [0.25, 0.3) is 0 Å². The van der Waals surface area contributed by atoms with E-state index in [0.29, 0.717) is 24.8 Å². The first-order valence-corrected chi connectivity index (χ1v) is 12.5.